The van der Waals surface area contributed by atoms with E-state index in [2.05, 4.69) is 10.4 Å². The van der Waals surface area contributed by atoms with Crippen LogP contribution in [0.1, 0.15) is 49.8 Å². The predicted octanol–water partition coefficient (Wildman–Crippen LogP) is 2.73. The van der Waals surface area contributed by atoms with E-state index in [1.54, 1.807) is 0 Å². The van der Waals surface area contributed by atoms with E-state index in [4.69, 9.17) is 5.73 Å². The van der Waals surface area contributed by atoms with Gasteiger partial charge in [-0.25, -0.2) is 0 Å². The lowest BCUT2D eigenvalue weighted by Crippen LogP contribution is -2.19. The second-order valence-electron chi connectivity index (χ2n) is 5.77. The fourth-order valence-corrected chi connectivity index (χ4v) is 4.21. The van der Waals surface area contributed by atoms with Crippen molar-refractivity contribution < 1.29 is 22.8 Å². The molecule has 0 bridgehead atoms. The third-order valence-electron chi connectivity index (χ3n) is 4.05. The van der Waals surface area contributed by atoms with Gasteiger partial charge in [-0.1, -0.05) is 0 Å². The molecule has 3 rings (SSSR count). The Kier molecular flexibility index (Phi) is 4.31. The molecular formula is C15H15F3N4O2S. The van der Waals surface area contributed by atoms with Crippen LogP contribution in [0.25, 0.3) is 0 Å². The maximum absolute atomic E-state index is 12.8. The zero-order valence-corrected chi connectivity index (χ0v) is 14.1. The summed E-state index contributed by atoms with van der Waals surface area (Å²) in [6.45, 7) is 0. The van der Waals surface area contributed by atoms with E-state index in [0.29, 0.717) is 17.2 Å². The molecule has 1 aliphatic carbocycles. The van der Waals surface area contributed by atoms with E-state index < -0.39 is 23.7 Å². The Hall–Kier alpha value is -2.36. The van der Waals surface area contributed by atoms with Crippen LogP contribution >= 0.6 is 11.3 Å². The number of anilines is 1. The summed E-state index contributed by atoms with van der Waals surface area (Å²) in [4.78, 5) is 25.0. The van der Waals surface area contributed by atoms with Gasteiger partial charge in [-0.3, -0.25) is 14.3 Å². The fraction of sp³-hybridized carbons (Fsp3) is 0.400. The van der Waals surface area contributed by atoms with Crippen molar-refractivity contribution in [3.05, 3.63) is 33.5 Å². The number of primary amides is 1. The maximum Gasteiger partial charge on any atom is 0.433 e. The number of fused-ring (bicyclic) bond motifs is 1. The minimum atomic E-state index is -4.61. The van der Waals surface area contributed by atoms with Crippen molar-refractivity contribution in [3.8, 4) is 0 Å². The highest BCUT2D eigenvalue weighted by Gasteiger charge is 2.36. The normalized spacial score (nSPS) is 14.2. The third-order valence-corrected chi connectivity index (χ3v) is 5.25. The number of carbonyl (C=O) groups excluding carboxylic acids is 2. The lowest BCUT2D eigenvalue weighted by Gasteiger charge is -2.11. The van der Waals surface area contributed by atoms with E-state index >= 15 is 0 Å². The molecule has 2 amide bonds. The van der Waals surface area contributed by atoms with Crippen LogP contribution < -0.4 is 11.1 Å². The van der Waals surface area contributed by atoms with Crippen LogP contribution in [0.5, 0.6) is 0 Å². The van der Waals surface area contributed by atoms with Crippen molar-refractivity contribution in [2.24, 2.45) is 12.8 Å². The van der Waals surface area contributed by atoms with Gasteiger partial charge in [-0.2, -0.15) is 18.3 Å². The summed E-state index contributed by atoms with van der Waals surface area (Å²) >= 11 is 1.24. The SMILES string of the molecule is Cn1nc(C(=O)Nc2sc3c(c2C(N)=O)CCCC3)cc1C(F)(F)F. The Labute approximate surface area is 144 Å². The maximum atomic E-state index is 12.8. The van der Waals surface area contributed by atoms with E-state index in [1.807, 2.05) is 0 Å². The molecular weight excluding hydrogens is 357 g/mol. The minimum Gasteiger partial charge on any atom is -0.365 e. The molecule has 1 aliphatic rings. The van der Waals surface area contributed by atoms with E-state index in [-0.39, 0.29) is 16.3 Å². The van der Waals surface area contributed by atoms with E-state index in [1.165, 1.54) is 11.3 Å². The van der Waals surface area contributed by atoms with Crippen molar-refractivity contribution in [2.45, 2.75) is 31.9 Å². The predicted molar refractivity (Wildman–Crippen MR) is 85.6 cm³/mol. The van der Waals surface area contributed by atoms with Gasteiger partial charge in [0.05, 0.1) is 5.56 Å². The number of aryl methyl sites for hydroxylation is 2. The summed E-state index contributed by atoms with van der Waals surface area (Å²) in [6, 6.07) is 0.673. The summed E-state index contributed by atoms with van der Waals surface area (Å²) in [5.41, 5.74) is 5.10. The Morgan fingerprint density at radius 3 is 2.60 bits per heavy atom. The Morgan fingerprint density at radius 1 is 1.32 bits per heavy atom. The number of thiophene rings is 1. The highest BCUT2D eigenvalue weighted by molar-refractivity contribution is 7.17. The first-order valence-corrected chi connectivity index (χ1v) is 8.37. The number of halogens is 3. The van der Waals surface area contributed by atoms with Crippen LogP contribution in [-0.4, -0.2) is 21.6 Å². The molecule has 2 aromatic rings. The summed E-state index contributed by atoms with van der Waals surface area (Å²) in [6.07, 6.45) is -1.22. The average Bonchev–Trinajstić information content (AvgIpc) is 3.06. The molecule has 0 saturated carbocycles. The van der Waals surface area contributed by atoms with Gasteiger partial charge in [0.15, 0.2) is 5.69 Å². The van der Waals surface area contributed by atoms with Crippen LogP contribution in [0.2, 0.25) is 0 Å². The first-order chi connectivity index (χ1) is 11.7. The van der Waals surface area contributed by atoms with Gasteiger partial charge in [0.2, 0.25) is 0 Å². The number of hydrogen-bond donors (Lipinski definition) is 2. The summed E-state index contributed by atoms with van der Waals surface area (Å²) in [7, 11) is 1.11. The van der Waals surface area contributed by atoms with Crippen LogP contribution in [0.3, 0.4) is 0 Å². The molecule has 25 heavy (non-hydrogen) atoms. The molecule has 3 N–H and O–H groups in total. The Bertz CT molecular complexity index is 854. The number of nitrogens with zero attached hydrogens (tertiary/aromatic N) is 2. The molecule has 0 saturated heterocycles. The Balaban J connectivity index is 1.92. The molecule has 0 atom stereocenters. The van der Waals surface area contributed by atoms with Crippen LogP contribution in [0.4, 0.5) is 18.2 Å². The number of carbonyl (C=O) groups is 2. The largest absolute Gasteiger partial charge is 0.433 e. The van der Waals surface area contributed by atoms with Crippen molar-refractivity contribution in [3.63, 3.8) is 0 Å². The van der Waals surface area contributed by atoms with Crippen LogP contribution in [0.15, 0.2) is 6.07 Å². The summed E-state index contributed by atoms with van der Waals surface area (Å²) < 4.78 is 39.1. The lowest BCUT2D eigenvalue weighted by atomic mass is 9.95. The smallest absolute Gasteiger partial charge is 0.365 e. The molecule has 0 spiro atoms. The second-order valence-corrected chi connectivity index (χ2v) is 6.87. The number of hydrogen-bond acceptors (Lipinski definition) is 4. The minimum absolute atomic E-state index is 0.250. The van der Waals surface area contributed by atoms with E-state index in [9.17, 15) is 22.8 Å². The van der Waals surface area contributed by atoms with Gasteiger partial charge in [-0.15, -0.1) is 11.3 Å². The summed E-state index contributed by atoms with van der Waals surface area (Å²) in [5.74, 6) is -1.47. The number of nitrogens with two attached hydrogens (primary N) is 1. The van der Waals surface area contributed by atoms with Crippen molar-refractivity contribution in [1.82, 2.24) is 9.78 Å². The number of aromatic nitrogens is 2. The van der Waals surface area contributed by atoms with Crippen molar-refractivity contribution in [2.75, 3.05) is 5.32 Å². The van der Waals surface area contributed by atoms with Gasteiger partial charge >= 0.3 is 6.18 Å². The quantitative estimate of drug-likeness (QED) is 0.868. The van der Waals surface area contributed by atoms with Gasteiger partial charge in [-0.05, 0) is 31.2 Å². The molecule has 0 unspecified atom stereocenters. The topological polar surface area (TPSA) is 90.0 Å². The molecule has 10 heteroatoms. The van der Waals surface area contributed by atoms with Gasteiger partial charge in [0.25, 0.3) is 11.8 Å². The highest BCUT2D eigenvalue weighted by Crippen LogP contribution is 2.38. The van der Waals surface area contributed by atoms with Crippen molar-refractivity contribution in [1.29, 1.82) is 0 Å². The summed E-state index contributed by atoms with van der Waals surface area (Å²) in [5, 5.41) is 6.36. The van der Waals surface area contributed by atoms with Crippen LogP contribution in [0, 0.1) is 0 Å². The molecule has 0 aliphatic heterocycles. The van der Waals surface area contributed by atoms with Gasteiger partial charge in [0, 0.05) is 18.0 Å². The molecule has 134 valence electrons. The van der Waals surface area contributed by atoms with E-state index in [0.717, 1.165) is 36.8 Å². The lowest BCUT2D eigenvalue weighted by molar-refractivity contribution is -0.143. The average molecular weight is 372 g/mol. The Morgan fingerprint density at radius 2 is 2.00 bits per heavy atom. The number of amides is 2. The highest BCUT2D eigenvalue weighted by atomic mass is 32.1. The number of nitrogens with one attached hydrogen (secondary N) is 1. The zero-order valence-electron chi connectivity index (χ0n) is 13.2. The number of alkyl halides is 3. The third kappa shape index (κ3) is 3.26. The second kappa shape index (κ2) is 6.17. The molecule has 0 aromatic carbocycles. The standard InChI is InChI=1S/C15H15F3N4O2S/c1-22-10(15(16,17)18)6-8(21-22)13(24)20-14-11(12(19)23)7-4-2-3-5-9(7)25-14/h6H,2-5H2,1H3,(H2,19,23)(H,20,24). The van der Waals surface area contributed by atoms with Crippen LogP contribution in [-0.2, 0) is 26.1 Å². The molecule has 6 nitrogen and oxygen atoms in total. The zero-order chi connectivity index (χ0) is 18.4. The molecule has 0 fully saturated rings. The van der Waals surface area contributed by atoms with Gasteiger partial charge < -0.3 is 11.1 Å². The number of rotatable bonds is 3. The molecule has 0 radical (unpaired) electrons. The molecule has 2 aromatic heterocycles. The molecule has 2 heterocycles. The van der Waals surface area contributed by atoms with Crippen molar-refractivity contribution >= 4 is 28.2 Å². The fourth-order valence-electron chi connectivity index (χ4n) is 2.93. The first kappa shape index (κ1) is 17.5. The monoisotopic (exact) mass is 372 g/mol. The van der Waals surface area contributed by atoms with Gasteiger partial charge in [0.1, 0.15) is 10.7 Å². The first-order valence-electron chi connectivity index (χ1n) is 7.55.